The topological polar surface area (TPSA) is 76.2 Å². The summed E-state index contributed by atoms with van der Waals surface area (Å²) in [7, 11) is -1.86. The monoisotopic (exact) mass is 597 g/mol. The van der Waals surface area contributed by atoms with Gasteiger partial charge in [0.05, 0.1) is 10.5 Å². The van der Waals surface area contributed by atoms with Gasteiger partial charge in [0, 0.05) is 83.7 Å². The Labute approximate surface area is 242 Å². The molecule has 2 aromatic rings. The van der Waals surface area contributed by atoms with Crippen molar-refractivity contribution in [3.05, 3.63) is 53.6 Å². The van der Waals surface area contributed by atoms with Crippen molar-refractivity contribution in [2.45, 2.75) is 50.7 Å². The SMILES string of the molecule is C.Cc1ccc(N2CCN(CCC(=O)N3CCC(Nc4ccc(S(=O)(=O)N(C)C)c(C(F)(F)F)c4)CC3)CC2)cc1. The van der Waals surface area contributed by atoms with Crippen LogP contribution < -0.4 is 10.2 Å². The van der Waals surface area contributed by atoms with E-state index in [9.17, 15) is 26.4 Å². The molecule has 0 saturated carbocycles. The van der Waals surface area contributed by atoms with Crippen LogP contribution in [0.5, 0.6) is 0 Å². The van der Waals surface area contributed by atoms with Crippen LogP contribution in [0.15, 0.2) is 47.4 Å². The molecule has 0 radical (unpaired) electrons. The van der Waals surface area contributed by atoms with Crippen LogP contribution in [0.4, 0.5) is 24.5 Å². The van der Waals surface area contributed by atoms with Gasteiger partial charge in [0.2, 0.25) is 15.9 Å². The Bertz CT molecular complexity index is 1270. The second kappa shape index (κ2) is 13.4. The lowest BCUT2D eigenvalue weighted by molar-refractivity contribution is -0.140. The number of benzene rings is 2. The Balaban J connectivity index is 0.00000462. The number of anilines is 2. The maximum absolute atomic E-state index is 13.7. The Morgan fingerprint density at radius 2 is 1.59 bits per heavy atom. The lowest BCUT2D eigenvalue weighted by Crippen LogP contribution is -2.48. The van der Waals surface area contributed by atoms with Crippen LogP contribution in [0.25, 0.3) is 0 Å². The normalized spacial score (nSPS) is 17.4. The zero-order valence-electron chi connectivity index (χ0n) is 23.2. The van der Waals surface area contributed by atoms with Crippen LogP contribution in [-0.4, -0.2) is 94.4 Å². The van der Waals surface area contributed by atoms with Gasteiger partial charge in [-0.05, 0) is 50.1 Å². The van der Waals surface area contributed by atoms with Crippen LogP contribution in [0.2, 0.25) is 0 Å². The summed E-state index contributed by atoms with van der Waals surface area (Å²) in [5.41, 5.74) is 1.48. The van der Waals surface area contributed by atoms with Crippen LogP contribution in [0, 0.1) is 6.92 Å². The molecule has 0 bridgehead atoms. The number of amides is 1. The third-order valence-corrected chi connectivity index (χ3v) is 9.55. The summed E-state index contributed by atoms with van der Waals surface area (Å²) in [5, 5.41) is 3.11. The summed E-state index contributed by atoms with van der Waals surface area (Å²) in [6.07, 6.45) is -3.18. The zero-order valence-corrected chi connectivity index (χ0v) is 24.1. The lowest BCUT2D eigenvalue weighted by Gasteiger charge is -2.37. The molecule has 1 N–H and O–H groups in total. The molecule has 8 nitrogen and oxygen atoms in total. The molecule has 2 aliphatic rings. The van der Waals surface area contributed by atoms with E-state index in [1.807, 2.05) is 4.90 Å². The highest BCUT2D eigenvalue weighted by Crippen LogP contribution is 2.37. The molecule has 0 atom stereocenters. The average molecular weight is 598 g/mol. The van der Waals surface area contributed by atoms with E-state index in [1.54, 1.807) is 0 Å². The summed E-state index contributed by atoms with van der Waals surface area (Å²) < 4.78 is 66.7. The first-order valence-corrected chi connectivity index (χ1v) is 15.0. The van der Waals surface area contributed by atoms with Crippen molar-refractivity contribution >= 4 is 27.3 Å². The molecule has 0 aromatic heterocycles. The minimum absolute atomic E-state index is 0. The van der Waals surface area contributed by atoms with Gasteiger partial charge in [0.1, 0.15) is 0 Å². The van der Waals surface area contributed by atoms with E-state index < -0.39 is 26.7 Å². The fourth-order valence-electron chi connectivity index (χ4n) is 5.17. The number of piperazine rings is 1. The molecular weight excluding hydrogens is 555 g/mol. The Morgan fingerprint density at radius 1 is 0.976 bits per heavy atom. The predicted molar refractivity (Wildman–Crippen MR) is 157 cm³/mol. The summed E-state index contributed by atoms with van der Waals surface area (Å²) >= 11 is 0. The summed E-state index contributed by atoms with van der Waals surface area (Å²) in [6.45, 7) is 7.49. The van der Waals surface area contributed by atoms with E-state index in [2.05, 4.69) is 46.3 Å². The van der Waals surface area contributed by atoms with E-state index in [-0.39, 0.29) is 25.1 Å². The first-order valence-electron chi connectivity index (χ1n) is 13.6. The van der Waals surface area contributed by atoms with Crippen molar-refractivity contribution in [3.8, 4) is 0 Å². The van der Waals surface area contributed by atoms with Crippen LogP contribution in [-0.2, 0) is 21.0 Å². The molecule has 1 amide bonds. The second-order valence-electron chi connectivity index (χ2n) is 10.7. The third-order valence-electron chi connectivity index (χ3n) is 7.68. The average Bonchev–Trinajstić information content (AvgIpc) is 2.92. The number of halogens is 3. The maximum Gasteiger partial charge on any atom is 0.417 e. The van der Waals surface area contributed by atoms with Gasteiger partial charge in [0.15, 0.2) is 0 Å². The van der Waals surface area contributed by atoms with Crippen molar-refractivity contribution < 1.29 is 26.4 Å². The number of carbonyl (C=O) groups excluding carboxylic acids is 1. The van der Waals surface area contributed by atoms with Gasteiger partial charge < -0.3 is 15.1 Å². The number of nitrogens with one attached hydrogen (secondary N) is 1. The number of rotatable bonds is 8. The largest absolute Gasteiger partial charge is 0.417 e. The molecule has 2 heterocycles. The summed E-state index contributed by atoms with van der Waals surface area (Å²) in [4.78, 5) is 18.6. The Hall–Kier alpha value is -2.83. The van der Waals surface area contributed by atoms with Crippen molar-refractivity contribution in [1.82, 2.24) is 14.1 Å². The molecule has 2 saturated heterocycles. The Morgan fingerprint density at radius 3 is 2.15 bits per heavy atom. The highest BCUT2D eigenvalue weighted by atomic mass is 32.2. The van der Waals surface area contributed by atoms with Crippen molar-refractivity contribution in [2.24, 2.45) is 0 Å². The van der Waals surface area contributed by atoms with Crippen LogP contribution in [0.1, 0.15) is 37.8 Å². The van der Waals surface area contributed by atoms with Crippen LogP contribution >= 0.6 is 0 Å². The van der Waals surface area contributed by atoms with Gasteiger partial charge in [-0.1, -0.05) is 25.1 Å². The molecule has 2 aliphatic heterocycles. The van der Waals surface area contributed by atoms with Gasteiger partial charge in [-0.15, -0.1) is 0 Å². The van der Waals surface area contributed by atoms with Gasteiger partial charge in [0.25, 0.3) is 0 Å². The van der Waals surface area contributed by atoms with Crippen molar-refractivity contribution in [1.29, 1.82) is 0 Å². The van der Waals surface area contributed by atoms with E-state index in [0.29, 0.717) is 38.9 Å². The molecule has 228 valence electrons. The molecule has 2 fully saturated rings. The maximum atomic E-state index is 13.7. The van der Waals surface area contributed by atoms with Crippen LogP contribution in [0.3, 0.4) is 0 Å². The second-order valence-corrected chi connectivity index (χ2v) is 12.8. The zero-order chi connectivity index (χ0) is 29.1. The number of aryl methyl sites for hydroxylation is 1. The molecule has 2 aromatic carbocycles. The number of sulfonamides is 1. The number of nitrogens with zero attached hydrogens (tertiary/aromatic N) is 4. The minimum atomic E-state index is -4.82. The van der Waals surface area contributed by atoms with E-state index in [4.69, 9.17) is 0 Å². The number of carbonyl (C=O) groups is 1. The summed E-state index contributed by atoms with van der Waals surface area (Å²) in [5.74, 6) is 0.0945. The van der Waals surface area contributed by atoms with E-state index in [1.165, 1.54) is 31.4 Å². The minimum Gasteiger partial charge on any atom is -0.382 e. The van der Waals surface area contributed by atoms with E-state index in [0.717, 1.165) is 42.6 Å². The molecule has 12 heteroatoms. The number of alkyl halides is 3. The fourth-order valence-corrected chi connectivity index (χ4v) is 6.25. The van der Waals surface area contributed by atoms with Gasteiger partial charge in [-0.3, -0.25) is 9.69 Å². The standard InChI is InChI=1S/C28H38F3N5O3S.CH4/c1-21-4-7-24(8-5-21)35-18-16-34(17-19-35)13-12-27(37)36-14-10-22(11-15-36)32-23-6-9-26(40(38,39)33(2)3)25(20-23)28(29,30)31;/h4-9,20,22,32H,10-19H2,1-3H3;1H4. The highest BCUT2D eigenvalue weighted by molar-refractivity contribution is 7.89. The number of hydrogen-bond donors (Lipinski definition) is 1. The summed E-state index contributed by atoms with van der Waals surface area (Å²) in [6, 6.07) is 11.6. The first-order chi connectivity index (χ1) is 18.8. The third kappa shape index (κ3) is 8.14. The number of piperidine rings is 1. The quantitative estimate of drug-likeness (QED) is 0.483. The lowest BCUT2D eigenvalue weighted by atomic mass is 10.0. The van der Waals surface area contributed by atoms with Gasteiger partial charge >= 0.3 is 6.18 Å². The van der Waals surface area contributed by atoms with Crippen molar-refractivity contribution in [3.63, 3.8) is 0 Å². The molecule has 41 heavy (non-hydrogen) atoms. The molecule has 4 rings (SSSR count). The Kier molecular flexibility index (Phi) is 10.7. The smallest absolute Gasteiger partial charge is 0.382 e. The van der Waals surface area contributed by atoms with Gasteiger partial charge in [-0.25, -0.2) is 12.7 Å². The fraction of sp³-hybridized carbons (Fsp3) is 0.552. The number of likely N-dealkylation sites (tertiary alicyclic amines) is 1. The molecular formula is C29H42F3N5O3S. The van der Waals surface area contributed by atoms with Gasteiger partial charge in [-0.2, -0.15) is 13.2 Å². The molecule has 0 aliphatic carbocycles. The molecule has 0 spiro atoms. The number of hydrogen-bond acceptors (Lipinski definition) is 6. The first kappa shape index (κ1) is 32.7. The highest BCUT2D eigenvalue weighted by Gasteiger charge is 2.38. The van der Waals surface area contributed by atoms with E-state index >= 15 is 0 Å². The predicted octanol–water partition coefficient (Wildman–Crippen LogP) is 4.52. The molecule has 0 unspecified atom stereocenters. The van der Waals surface area contributed by atoms with Crippen molar-refractivity contribution in [2.75, 3.05) is 70.1 Å².